The third kappa shape index (κ3) is 11.3. The maximum absolute atomic E-state index is 11.6. The van der Waals surface area contributed by atoms with Crippen molar-refractivity contribution in [3.05, 3.63) is 86.9 Å². The number of amides is 1. The summed E-state index contributed by atoms with van der Waals surface area (Å²) in [5.74, 6) is 1.45. The SMILES string of the molecule is Cc1cccc(Nc2cc(Cl)nc(CC(=O)S)n2)c1C.Cc1cccc(Nc2cc(Cl)nc(SCC(=O)NCCO)n2)c1C. The number of carbonyl (C=O) groups excluding carboxylic acids is 2. The smallest absolute Gasteiger partial charge is 0.230 e. The number of halogens is 2. The second-order valence-corrected chi connectivity index (χ2v) is 11.7. The molecule has 2 aromatic heterocycles. The maximum atomic E-state index is 11.6. The fourth-order valence-electron chi connectivity index (χ4n) is 3.69. The first-order valence-electron chi connectivity index (χ1n) is 13.4. The maximum Gasteiger partial charge on any atom is 0.230 e. The number of aliphatic hydroxyl groups is 1. The van der Waals surface area contributed by atoms with Gasteiger partial charge in [-0.1, -0.05) is 59.2 Å². The van der Waals surface area contributed by atoms with Gasteiger partial charge < -0.3 is 21.1 Å². The average molecular weight is 675 g/mol. The number of rotatable bonds is 11. The molecular weight excluding hydrogens is 641 g/mol. The van der Waals surface area contributed by atoms with Crippen LogP contribution in [0.1, 0.15) is 28.1 Å². The summed E-state index contributed by atoms with van der Waals surface area (Å²) in [6.45, 7) is 8.28. The second-order valence-electron chi connectivity index (χ2n) is 9.53. The lowest BCUT2D eigenvalue weighted by molar-refractivity contribution is -0.118. The first kappa shape index (κ1) is 35.1. The highest BCUT2D eigenvalue weighted by molar-refractivity contribution is 7.99. The minimum absolute atomic E-state index is 0.0468. The van der Waals surface area contributed by atoms with Gasteiger partial charge in [-0.05, 0) is 62.1 Å². The van der Waals surface area contributed by atoms with Gasteiger partial charge in [0.25, 0.3) is 0 Å². The predicted molar refractivity (Wildman–Crippen MR) is 181 cm³/mol. The van der Waals surface area contributed by atoms with Crippen LogP contribution in [-0.4, -0.2) is 55.0 Å². The van der Waals surface area contributed by atoms with Gasteiger partial charge in [-0.25, -0.2) is 19.9 Å². The molecule has 44 heavy (non-hydrogen) atoms. The molecule has 0 saturated heterocycles. The van der Waals surface area contributed by atoms with E-state index in [0.29, 0.717) is 27.8 Å². The molecule has 0 aliphatic rings. The first-order valence-corrected chi connectivity index (χ1v) is 15.6. The summed E-state index contributed by atoms with van der Waals surface area (Å²) in [6.07, 6.45) is 0.0468. The van der Waals surface area contributed by atoms with Gasteiger partial charge in [-0.2, -0.15) is 0 Å². The van der Waals surface area contributed by atoms with Crippen molar-refractivity contribution < 1.29 is 14.7 Å². The van der Waals surface area contributed by atoms with Crippen molar-refractivity contribution in [2.75, 3.05) is 29.5 Å². The first-order chi connectivity index (χ1) is 20.9. The van der Waals surface area contributed by atoms with Crippen LogP contribution in [0.25, 0.3) is 0 Å². The van der Waals surface area contributed by atoms with Crippen molar-refractivity contribution in [1.82, 2.24) is 25.3 Å². The van der Waals surface area contributed by atoms with Gasteiger partial charge in [0, 0.05) is 30.1 Å². The van der Waals surface area contributed by atoms with Crippen LogP contribution in [0.15, 0.2) is 53.7 Å². The Hall–Kier alpha value is -3.42. The summed E-state index contributed by atoms with van der Waals surface area (Å²) in [4.78, 5) is 39.3. The average Bonchev–Trinajstić information content (AvgIpc) is 2.95. The van der Waals surface area contributed by atoms with E-state index in [0.717, 1.165) is 22.5 Å². The highest BCUT2D eigenvalue weighted by Gasteiger charge is 2.10. The van der Waals surface area contributed by atoms with Gasteiger partial charge >= 0.3 is 0 Å². The normalized spacial score (nSPS) is 10.5. The fraction of sp³-hybridized carbons (Fsp3) is 0.267. The zero-order valence-electron chi connectivity index (χ0n) is 24.6. The number of benzene rings is 2. The molecule has 0 aliphatic carbocycles. The van der Waals surface area contributed by atoms with Crippen LogP contribution in [0.5, 0.6) is 0 Å². The number of thiol groups is 1. The van der Waals surface area contributed by atoms with Crippen molar-refractivity contribution in [2.45, 2.75) is 39.3 Å². The molecule has 0 spiro atoms. The van der Waals surface area contributed by atoms with E-state index in [1.165, 1.54) is 22.9 Å². The summed E-state index contributed by atoms with van der Waals surface area (Å²) < 4.78 is 0. The molecule has 232 valence electrons. The van der Waals surface area contributed by atoms with Crippen LogP contribution in [0.4, 0.5) is 23.0 Å². The van der Waals surface area contributed by atoms with Crippen molar-refractivity contribution >= 4 is 81.6 Å². The zero-order chi connectivity index (χ0) is 32.2. The molecule has 2 heterocycles. The van der Waals surface area contributed by atoms with Crippen LogP contribution < -0.4 is 16.0 Å². The Morgan fingerprint density at radius 2 is 1.39 bits per heavy atom. The van der Waals surface area contributed by atoms with Crippen LogP contribution in [0.2, 0.25) is 10.3 Å². The number of aryl methyl sites for hydroxylation is 2. The van der Waals surface area contributed by atoms with Crippen molar-refractivity contribution in [3.8, 4) is 0 Å². The van der Waals surface area contributed by atoms with Gasteiger partial charge in [0.05, 0.1) is 18.8 Å². The van der Waals surface area contributed by atoms with Crippen LogP contribution in [0.3, 0.4) is 0 Å². The predicted octanol–water partition coefficient (Wildman–Crippen LogP) is 6.18. The minimum atomic E-state index is -0.301. The monoisotopic (exact) mass is 673 g/mol. The Kier molecular flexibility index (Phi) is 13.7. The third-order valence-corrected chi connectivity index (χ3v) is 7.62. The molecule has 4 rings (SSSR count). The molecule has 0 radical (unpaired) electrons. The Bertz CT molecular complexity index is 1630. The molecule has 0 fully saturated rings. The van der Waals surface area contributed by atoms with Crippen molar-refractivity contribution in [2.24, 2.45) is 0 Å². The van der Waals surface area contributed by atoms with E-state index in [1.54, 1.807) is 12.1 Å². The quantitative estimate of drug-likeness (QED) is 0.0542. The van der Waals surface area contributed by atoms with Crippen LogP contribution in [-0.2, 0) is 16.0 Å². The molecule has 4 aromatic rings. The molecule has 2 aromatic carbocycles. The Morgan fingerprint density at radius 3 is 1.93 bits per heavy atom. The van der Waals surface area contributed by atoms with Crippen LogP contribution >= 0.6 is 47.6 Å². The lowest BCUT2D eigenvalue weighted by Crippen LogP contribution is -2.27. The largest absolute Gasteiger partial charge is 0.395 e. The molecule has 0 atom stereocenters. The van der Waals surface area contributed by atoms with Gasteiger partial charge in [0.15, 0.2) is 10.3 Å². The Balaban J connectivity index is 0.000000244. The number of aliphatic hydroxyl groups excluding tert-OH is 1. The van der Waals surface area contributed by atoms with Crippen molar-refractivity contribution in [1.29, 1.82) is 0 Å². The molecule has 4 N–H and O–H groups in total. The van der Waals surface area contributed by atoms with Gasteiger partial charge in [-0.3, -0.25) is 9.59 Å². The van der Waals surface area contributed by atoms with Gasteiger partial charge in [0.1, 0.15) is 27.8 Å². The molecule has 0 bridgehead atoms. The van der Waals surface area contributed by atoms with E-state index in [1.807, 2.05) is 64.1 Å². The molecule has 14 heteroatoms. The highest BCUT2D eigenvalue weighted by atomic mass is 35.5. The number of nitrogens with one attached hydrogen (secondary N) is 3. The van der Waals surface area contributed by atoms with Crippen LogP contribution in [0, 0.1) is 27.7 Å². The van der Waals surface area contributed by atoms with E-state index >= 15 is 0 Å². The number of thioether (sulfide) groups is 1. The molecule has 0 saturated carbocycles. The zero-order valence-corrected chi connectivity index (χ0v) is 27.8. The number of anilines is 4. The summed E-state index contributed by atoms with van der Waals surface area (Å²) in [6, 6.07) is 15.2. The van der Waals surface area contributed by atoms with E-state index in [4.69, 9.17) is 28.3 Å². The Labute approximate surface area is 276 Å². The van der Waals surface area contributed by atoms with E-state index in [2.05, 4.69) is 48.5 Å². The van der Waals surface area contributed by atoms with Crippen molar-refractivity contribution in [3.63, 3.8) is 0 Å². The molecule has 1 amide bonds. The number of hydrogen-bond donors (Lipinski definition) is 5. The third-order valence-electron chi connectivity index (χ3n) is 6.23. The Morgan fingerprint density at radius 1 is 0.841 bits per heavy atom. The summed E-state index contributed by atoms with van der Waals surface area (Å²) >= 11 is 16.9. The highest BCUT2D eigenvalue weighted by Crippen LogP contribution is 2.26. The van der Waals surface area contributed by atoms with E-state index < -0.39 is 0 Å². The lowest BCUT2D eigenvalue weighted by atomic mass is 10.1. The number of carbonyl (C=O) groups is 2. The number of nitrogens with zero attached hydrogens (tertiary/aromatic N) is 4. The molecular formula is C30H33Cl2N7O3S2. The van der Waals surface area contributed by atoms with E-state index in [9.17, 15) is 9.59 Å². The fourth-order valence-corrected chi connectivity index (χ4v) is 4.96. The summed E-state index contributed by atoms with van der Waals surface area (Å²) in [5, 5.41) is 18.4. The van der Waals surface area contributed by atoms with Gasteiger partial charge in [-0.15, -0.1) is 12.6 Å². The second kappa shape index (κ2) is 17.2. The molecule has 0 unspecified atom stereocenters. The molecule has 0 aliphatic heterocycles. The summed E-state index contributed by atoms with van der Waals surface area (Å²) in [5.41, 5.74) is 6.51. The molecule has 10 nitrogen and oxygen atoms in total. The minimum Gasteiger partial charge on any atom is -0.395 e. The standard InChI is InChI=1S/C16H19ClN4O2S.C14H14ClN3OS/c1-10-4-3-5-12(11(10)2)19-14-8-13(17)20-16(21-14)24-9-15(23)18-6-7-22;1-8-4-3-5-10(9(8)2)16-12-6-11(15)17-13(18-12)7-14(19)20/h3-5,8,22H,6-7,9H2,1-2H3,(H,18,23)(H,19,20,21);3-6H,7H2,1-2H3,(H,19,20)(H,16,17,18). The lowest BCUT2D eigenvalue weighted by Gasteiger charge is -2.11. The number of hydrogen-bond acceptors (Lipinski definition) is 10. The van der Waals surface area contributed by atoms with Gasteiger partial charge in [0.2, 0.25) is 5.91 Å². The van der Waals surface area contributed by atoms with E-state index in [-0.39, 0.29) is 41.5 Å². The number of aromatic nitrogens is 4. The summed E-state index contributed by atoms with van der Waals surface area (Å²) in [7, 11) is 0. The topological polar surface area (TPSA) is 142 Å².